The third-order valence-corrected chi connectivity index (χ3v) is 3.24. The summed E-state index contributed by atoms with van der Waals surface area (Å²) in [6, 6.07) is 7.51. The summed E-state index contributed by atoms with van der Waals surface area (Å²) in [4.78, 5) is 12.0. The fourth-order valence-corrected chi connectivity index (χ4v) is 2.08. The summed E-state index contributed by atoms with van der Waals surface area (Å²) in [7, 11) is 0. The summed E-state index contributed by atoms with van der Waals surface area (Å²) in [5.41, 5.74) is 2.04. The Bertz CT molecular complexity index is 808. The van der Waals surface area contributed by atoms with Gasteiger partial charge in [-0.2, -0.15) is 5.10 Å². The zero-order chi connectivity index (χ0) is 16.2. The summed E-state index contributed by atoms with van der Waals surface area (Å²) >= 11 is 0. The van der Waals surface area contributed by atoms with E-state index < -0.39 is 0 Å². The zero-order valence-corrected chi connectivity index (χ0v) is 12.5. The minimum Gasteiger partial charge on any atom is -0.359 e. The summed E-state index contributed by atoms with van der Waals surface area (Å²) < 4.78 is 19.7. The van der Waals surface area contributed by atoms with Gasteiger partial charge in [-0.1, -0.05) is 17.3 Å². The van der Waals surface area contributed by atoms with Crippen LogP contribution in [0.5, 0.6) is 0 Å². The van der Waals surface area contributed by atoms with Gasteiger partial charge in [0.2, 0.25) is 0 Å². The number of rotatable bonds is 5. The fourth-order valence-electron chi connectivity index (χ4n) is 2.08. The Hall–Kier alpha value is -2.96. The molecule has 0 unspecified atom stereocenters. The Morgan fingerprint density at radius 2 is 2.13 bits per heavy atom. The quantitative estimate of drug-likeness (QED) is 0.784. The highest BCUT2D eigenvalue weighted by atomic mass is 19.1. The predicted molar refractivity (Wildman–Crippen MR) is 80.1 cm³/mol. The fraction of sp³-hybridized carbons (Fsp3) is 0.188. The first-order valence-corrected chi connectivity index (χ1v) is 7.07. The molecule has 23 heavy (non-hydrogen) atoms. The number of carbonyl (C=O) groups is 1. The Labute approximate surface area is 131 Å². The van der Waals surface area contributed by atoms with Gasteiger partial charge >= 0.3 is 0 Å². The number of hydrogen-bond acceptors (Lipinski definition) is 4. The number of benzene rings is 1. The van der Waals surface area contributed by atoms with Gasteiger partial charge in [-0.25, -0.2) is 4.39 Å². The number of nitrogens with one attached hydrogen (secondary N) is 1. The van der Waals surface area contributed by atoms with Gasteiger partial charge in [0.1, 0.15) is 12.4 Å². The maximum Gasteiger partial charge on any atom is 0.273 e. The highest BCUT2D eigenvalue weighted by Crippen LogP contribution is 2.07. The van der Waals surface area contributed by atoms with Gasteiger partial charge in [-0.05, 0) is 30.2 Å². The molecule has 0 aliphatic heterocycles. The summed E-state index contributed by atoms with van der Waals surface area (Å²) in [6.45, 7) is 2.64. The number of hydrogen-bond donors (Lipinski definition) is 1. The lowest BCUT2D eigenvalue weighted by Crippen LogP contribution is -2.23. The lowest BCUT2D eigenvalue weighted by molar-refractivity contribution is 0.0941. The first-order chi connectivity index (χ1) is 11.1. The third-order valence-electron chi connectivity index (χ3n) is 3.24. The van der Waals surface area contributed by atoms with Crippen LogP contribution in [0, 0.1) is 12.7 Å². The van der Waals surface area contributed by atoms with Crippen LogP contribution in [0.4, 0.5) is 4.39 Å². The van der Waals surface area contributed by atoms with E-state index in [1.54, 1.807) is 29.1 Å². The molecule has 7 heteroatoms. The average molecular weight is 314 g/mol. The molecule has 1 aromatic carbocycles. The molecule has 0 aliphatic rings. The third kappa shape index (κ3) is 3.82. The second kappa shape index (κ2) is 6.43. The number of aryl methyl sites for hydroxylation is 1. The van der Waals surface area contributed by atoms with E-state index in [-0.39, 0.29) is 17.4 Å². The lowest BCUT2D eigenvalue weighted by Gasteiger charge is -2.02. The summed E-state index contributed by atoms with van der Waals surface area (Å²) in [6.07, 6.45) is 3.61. The topological polar surface area (TPSA) is 73.0 Å². The van der Waals surface area contributed by atoms with Crippen LogP contribution in [-0.2, 0) is 13.1 Å². The van der Waals surface area contributed by atoms with E-state index in [0.717, 1.165) is 11.1 Å². The van der Waals surface area contributed by atoms with Gasteiger partial charge in [0.15, 0.2) is 11.5 Å². The smallest absolute Gasteiger partial charge is 0.273 e. The molecule has 0 bridgehead atoms. The number of aromatic nitrogens is 3. The second-order valence-electron chi connectivity index (χ2n) is 5.20. The van der Waals surface area contributed by atoms with Crippen molar-refractivity contribution in [1.82, 2.24) is 20.3 Å². The molecule has 0 fully saturated rings. The highest BCUT2D eigenvalue weighted by Gasteiger charge is 2.13. The van der Waals surface area contributed by atoms with Gasteiger partial charge in [-0.3, -0.25) is 9.48 Å². The van der Waals surface area contributed by atoms with E-state index in [9.17, 15) is 9.18 Å². The molecule has 0 radical (unpaired) electrons. The van der Waals surface area contributed by atoms with Crippen molar-refractivity contribution in [1.29, 1.82) is 0 Å². The zero-order valence-electron chi connectivity index (χ0n) is 12.5. The van der Waals surface area contributed by atoms with Crippen LogP contribution >= 0.6 is 0 Å². The normalized spacial score (nSPS) is 10.7. The maximum atomic E-state index is 12.8. The lowest BCUT2D eigenvalue weighted by atomic mass is 10.2. The van der Waals surface area contributed by atoms with Gasteiger partial charge in [-0.15, -0.1) is 0 Å². The molecule has 0 aliphatic carbocycles. The minimum atomic E-state index is -0.346. The molecule has 1 N–H and O–H groups in total. The van der Waals surface area contributed by atoms with Crippen LogP contribution in [-0.4, -0.2) is 20.8 Å². The Morgan fingerprint density at radius 3 is 2.83 bits per heavy atom. The van der Waals surface area contributed by atoms with Crippen molar-refractivity contribution in [3.05, 3.63) is 71.1 Å². The highest BCUT2D eigenvalue weighted by molar-refractivity contribution is 5.92. The molecule has 0 saturated heterocycles. The number of carbonyl (C=O) groups excluding carboxylic acids is 1. The molecule has 3 aromatic rings. The van der Waals surface area contributed by atoms with Crippen molar-refractivity contribution in [3.8, 4) is 0 Å². The van der Waals surface area contributed by atoms with Crippen LogP contribution in [0.2, 0.25) is 0 Å². The van der Waals surface area contributed by atoms with E-state index in [0.29, 0.717) is 18.8 Å². The number of halogens is 1. The van der Waals surface area contributed by atoms with Crippen LogP contribution in [0.1, 0.15) is 27.4 Å². The molecule has 0 spiro atoms. The van der Waals surface area contributed by atoms with Crippen LogP contribution < -0.4 is 5.32 Å². The molecule has 118 valence electrons. The molecule has 1 amide bonds. The molecule has 2 heterocycles. The summed E-state index contributed by atoms with van der Waals surface area (Å²) in [5.74, 6) is -0.115. The van der Waals surface area contributed by atoms with Crippen molar-refractivity contribution in [2.45, 2.75) is 20.0 Å². The van der Waals surface area contributed by atoms with Crippen LogP contribution in [0.15, 0.2) is 47.2 Å². The molecular formula is C16H15FN4O2. The van der Waals surface area contributed by atoms with E-state index in [2.05, 4.69) is 15.6 Å². The van der Waals surface area contributed by atoms with Gasteiger partial charge < -0.3 is 9.84 Å². The first kappa shape index (κ1) is 15.0. The van der Waals surface area contributed by atoms with Crippen molar-refractivity contribution in [2.75, 3.05) is 0 Å². The SMILES string of the molecule is Cc1cnn(Cc2cc(C(=O)NCc3ccc(F)cc3)no2)c1. The molecule has 0 atom stereocenters. The largest absolute Gasteiger partial charge is 0.359 e. The van der Waals surface area contributed by atoms with E-state index in [1.165, 1.54) is 12.1 Å². The standard InChI is InChI=1S/C16H15FN4O2/c1-11-7-19-21(9-11)10-14-6-15(20-23-14)16(22)18-8-12-2-4-13(17)5-3-12/h2-7,9H,8,10H2,1H3,(H,18,22). The van der Waals surface area contributed by atoms with Gasteiger partial charge in [0.25, 0.3) is 5.91 Å². The molecule has 2 aromatic heterocycles. The van der Waals surface area contributed by atoms with Gasteiger partial charge in [0.05, 0.1) is 6.20 Å². The first-order valence-electron chi connectivity index (χ1n) is 7.07. The van der Waals surface area contributed by atoms with Crippen molar-refractivity contribution in [3.63, 3.8) is 0 Å². The van der Waals surface area contributed by atoms with Crippen molar-refractivity contribution in [2.24, 2.45) is 0 Å². The van der Waals surface area contributed by atoms with Crippen molar-refractivity contribution >= 4 is 5.91 Å². The Morgan fingerprint density at radius 1 is 1.35 bits per heavy atom. The minimum absolute atomic E-state index is 0.200. The van der Waals surface area contributed by atoms with Gasteiger partial charge in [0, 0.05) is 18.8 Å². The molecule has 6 nitrogen and oxygen atoms in total. The van der Waals surface area contributed by atoms with Crippen LogP contribution in [0.25, 0.3) is 0 Å². The number of amides is 1. The predicted octanol–water partition coefficient (Wildman–Crippen LogP) is 2.30. The number of nitrogens with zero attached hydrogens (tertiary/aromatic N) is 3. The van der Waals surface area contributed by atoms with Crippen molar-refractivity contribution < 1.29 is 13.7 Å². The van der Waals surface area contributed by atoms with E-state index in [4.69, 9.17) is 4.52 Å². The maximum absolute atomic E-state index is 12.8. The monoisotopic (exact) mass is 314 g/mol. The Balaban J connectivity index is 1.58. The molecular weight excluding hydrogens is 299 g/mol. The van der Waals surface area contributed by atoms with E-state index in [1.807, 2.05) is 13.1 Å². The molecule has 0 saturated carbocycles. The Kier molecular flexibility index (Phi) is 4.18. The van der Waals surface area contributed by atoms with E-state index >= 15 is 0 Å². The second-order valence-corrected chi connectivity index (χ2v) is 5.20. The average Bonchev–Trinajstić information content (AvgIpc) is 3.16. The molecule has 3 rings (SSSR count). The summed E-state index contributed by atoms with van der Waals surface area (Å²) in [5, 5.41) is 10.6. The van der Waals surface area contributed by atoms with Crippen LogP contribution in [0.3, 0.4) is 0 Å².